The molecule has 4 rings (SSSR count). The smallest absolute Gasteiger partial charge is 0.322 e. The third kappa shape index (κ3) is 6.37. The molecule has 12 heteroatoms. The van der Waals surface area contributed by atoms with Gasteiger partial charge in [-0.15, -0.1) is 0 Å². The first-order valence-electron chi connectivity index (χ1n) is 10.8. The molecule has 192 valence electrons. The van der Waals surface area contributed by atoms with Gasteiger partial charge in [-0.2, -0.15) is 18.4 Å². The maximum Gasteiger partial charge on any atom is 0.416 e. The summed E-state index contributed by atoms with van der Waals surface area (Å²) in [6.45, 7) is 0. The molecule has 1 aromatic heterocycles. The molecule has 0 saturated heterocycles. The predicted molar refractivity (Wildman–Crippen MR) is 140 cm³/mol. The van der Waals surface area contributed by atoms with Gasteiger partial charge in [-0.25, -0.2) is 4.98 Å². The summed E-state index contributed by atoms with van der Waals surface area (Å²) in [6.07, 6.45) is -4.60. The second kappa shape index (κ2) is 11.3. The van der Waals surface area contributed by atoms with Crippen LogP contribution in [0.15, 0.2) is 76.7 Å². The number of nitrogens with zero attached hydrogens (tertiary/aromatic N) is 2. The lowest BCUT2D eigenvalue weighted by Gasteiger charge is -2.11. The number of anilines is 1. The van der Waals surface area contributed by atoms with E-state index in [1.165, 1.54) is 30.3 Å². The number of halogens is 5. The van der Waals surface area contributed by atoms with Crippen LogP contribution in [-0.4, -0.2) is 15.9 Å². The van der Waals surface area contributed by atoms with Crippen LogP contribution < -0.4 is 10.9 Å². The van der Waals surface area contributed by atoms with Crippen LogP contribution in [-0.2, 0) is 11.9 Å². The average Bonchev–Trinajstić information content (AvgIpc) is 2.88. The quantitative estimate of drug-likeness (QED) is 0.188. The van der Waals surface area contributed by atoms with Crippen molar-refractivity contribution < 1.29 is 18.0 Å². The number of hydrogen-bond donors (Lipinski definition) is 2. The Morgan fingerprint density at radius 1 is 1.05 bits per heavy atom. The van der Waals surface area contributed by atoms with Crippen LogP contribution in [0, 0.1) is 11.3 Å². The van der Waals surface area contributed by atoms with E-state index in [1.807, 2.05) is 0 Å². The van der Waals surface area contributed by atoms with Gasteiger partial charge in [0.05, 0.1) is 21.3 Å². The van der Waals surface area contributed by atoms with Crippen molar-refractivity contribution in [3.63, 3.8) is 0 Å². The average molecular weight is 575 g/mol. The molecule has 0 unspecified atom stereocenters. The Hall–Kier alpha value is -3.78. The fourth-order valence-corrected chi connectivity index (χ4v) is 4.51. The number of aromatic nitrogens is 2. The third-order valence-corrected chi connectivity index (χ3v) is 6.90. The lowest BCUT2D eigenvalue weighted by Crippen LogP contribution is -2.15. The molecule has 38 heavy (non-hydrogen) atoms. The maximum atomic E-state index is 13.2. The molecule has 6 nitrogen and oxygen atoms in total. The molecule has 1 amide bonds. The van der Waals surface area contributed by atoms with E-state index in [2.05, 4.69) is 15.3 Å². The van der Waals surface area contributed by atoms with E-state index in [-0.39, 0.29) is 27.0 Å². The molecule has 0 saturated carbocycles. The fourth-order valence-electron chi connectivity index (χ4n) is 3.41. The van der Waals surface area contributed by atoms with Gasteiger partial charge in [-0.3, -0.25) is 9.59 Å². The lowest BCUT2D eigenvalue weighted by atomic mass is 10.0. The Morgan fingerprint density at radius 3 is 2.53 bits per heavy atom. The number of carbonyl (C=O) groups is 1. The van der Waals surface area contributed by atoms with Crippen molar-refractivity contribution in [1.82, 2.24) is 9.97 Å². The standard InChI is InChI=1S/C26H15Cl2F3N4O2S/c27-20-8-7-16(11-21(20)28)23(36)33-18-6-1-3-14(9-18)13-38-25-34-22(19(12-32)24(37)35-25)15-4-2-5-17(10-15)26(29,30)31/h1-11H,13H2,(H,33,36)(H,34,35,37). The molecule has 0 atom stereocenters. The molecule has 4 aromatic rings. The van der Waals surface area contributed by atoms with Gasteiger partial charge in [0.1, 0.15) is 11.6 Å². The highest BCUT2D eigenvalue weighted by Crippen LogP contribution is 2.33. The van der Waals surface area contributed by atoms with Gasteiger partial charge in [-0.05, 0) is 48.0 Å². The van der Waals surface area contributed by atoms with Crippen molar-refractivity contribution in [2.75, 3.05) is 5.32 Å². The number of carbonyl (C=O) groups excluding carboxylic acids is 1. The number of H-pyrrole nitrogens is 1. The summed E-state index contributed by atoms with van der Waals surface area (Å²) < 4.78 is 39.5. The normalized spacial score (nSPS) is 11.2. The van der Waals surface area contributed by atoms with E-state index in [1.54, 1.807) is 30.3 Å². The van der Waals surface area contributed by atoms with Crippen molar-refractivity contribution in [3.05, 3.63) is 109 Å². The Morgan fingerprint density at radius 2 is 1.82 bits per heavy atom. The molecule has 0 aliphatic heterocycles. The van der Waals surface area contributed by atoms with Crippen LogP contribution in [0.2, 0.25) is 10.0 Å². The molecule has 3 aromatic carbocycles. The van der Waals surface area contributed by atoms with Gasteiger partial charge in [-0.1, -0.05) is 59.2 Å². The molecule has 0 aliphatic rings. The highest BCUT2D eigenvalue weighted by Gasteiger charge is 2.31. The zero-order valence-electron chi connectivity index (χ0n) is 19.1. The number of rotatable bonds is 6. The maximum absolute atomic E-state index is 13.2. The van der Waals surface area contributed by atoms with Crippen molar-refractivity contribution in [2.45, 2.75) is 17.1 Å². The second-order valence-electron chi connectivity index (χ2n) is 7.86. The Balaban J connectivity index is 1.54. The number of nitrogens with one attached hydrogen (secondary N) is 2. The Kier molecular flexibility index (Phi) is 8.11. The fraction of sp³-hybridized carbons (Fsp3) is 0.0769. The SMILES string of the molecule is N#Cc1c(-c2cccc(C(F)(F)F)c2)nc(SCc2cccc(NC(=O)c3ccc(Cl)c(Cl)c3)c2)[nH]c1=O. The van der Waals surface area contributed by atoms with Gasteiger partial charge < -0.3 is 10.3 Å². The summed E-state index contributed by atoms with van der Waals surface area (Å²) in [7, 11) is 0. The number of thioether (sulfide) groups is 1. The number of aromatic amines is 1. The summed E-state index contributed by atoms with van der Waals surface area (Å²) in [6, 6.07) is 17.4. The van der Waals surface area contributed by atoms with E-state index in [4.69, 9.17) is 23.2 Å². The molecule has 1 heterocycles. The first-order chi connectivity index (χ1) is 18.0. The van der Waals surface area contributed by atoms with Crippen molar-refractivity contribution in [3.8, 4) is 17.3 Å². The molecule has 0 radical (unpaired) electrons. The van der Waals surface area contributed by atoms with Crippen LogP contribution in [0.25, 0.3) is 11.3 Å². The van der Waals surface area contributed by atoms with Crippen LogP contribution in [0.1, 0.15) is 27.0 Å². The van der Waals surface area contributed by atoms with E-state index in [0.717, 1.165) is 29.5 Å². The van der Waals surface area contributed by atoms with Gasteiger partial charge >= 0.3 is 6.18 Å². The lowest BCUT2D eigenvalue weighted by molar-refractivity contribution is -0.137. The first kappa shape index (κ1) is 27.3. The van der Waals surface area contributed by atoms with Crippen molar-refractivity contribution in [2.24, 2.45) is 0 Å². The number of hydrogen-bond acceptors (Lipinski definition) is 5. The Labute approximate surface area is 228 Å². The van der Waals surface area contributed by atoms with Crippen molar-refractivity contribution >= 4 is 46.6 Å². The van der Waals surface area contributed by atoms with Gasteiger partial charge in [0, 0.05) is 22.6 Å². The van der Waals surface area contributed by atoms with Crippen LogP contribution in [0.3, 0.4) is 0 Å². The molecule has 0 fully saturated rings. The van der Waals surface area contributed by atoms with Gasteiger partial charge in [0.25, 0.3) is 11.5 Å². The van der Waals surface area contributed by atoms with Gasteiger partial charge in [0.2, 0.25) is 0 Å². The summed E-state index contributed by atoms with van der Waals surface area (Å²) in [5.41, 5.74) is -0.639. The van der Waals surface area contributed by atoms with Gasteiger partial charge in [0.15, 0.2) is 5.16 Å². The zero-order chi connectivity index (χ0) is 27.4. The van der Waals surface area contributed by atoms with E-state index < -0.39 is 23.2 Å². The molecular weight excluding hydrogens is 560 g/mol. The van der Waals surface area contributed by atoms with E-state index in [9.17, 15) is 28.0 Å². The minimum atomic E-state index is -4.60. The van der Waals surface area contributed by atoms with Crippen LogP contribution >= 0.6 is 35.0 Å². The van der Waals surface area contributed by atoms with E-state index >= 15 is 0 Å². The summed E-state index contributed by atoms with van der Waals surface area (Å²) in [5.74, 6) is -0.0925. The zero-order valence-corrected chi connectivity index (χ0v) is 21.4. The molecule has 0 spiro atoms. The van der Waals surface area contributed by atoms with Crippen molar-refractivity contribution in [1.29, 1.82) is 5.26 Å². The topological polar surface area (TPSA) is 98.6 Å². The first-order valence-corrected chi connectivity index (χ1v) is 12.5. The molecule has 0 bridgehead atoms. The largest absolute Gasteiger partial charge is 0.416 e. The number of alkyl halides is 3. The highest BCUT2D eigenvalue weighted by molar-refractivity contribution is 7.98. The molecule has 2 N–H and O–H groups in total. The minimum absolute atomic E-state index is 0.00339. The third-order valence-electron chi connectivity index (χ3n) is 5.22. The highest BCUT2D eigenvalue weighted by atomic mass is 35.5. The minimum Gasteiger partial charge on any atom is -0.322 e. The van der Waals surface area contributed by atoms with Crippen LogP contribution in [0.5, 0.6) is 0 Å². The summed E-state index contributed by atoms with van der Waals surface area (Å²) in [5, 5.41) is 12.9. The van der Waals surface area contributed by atoms with Crippen LogP contribution in [0.4, 0.5) is 18.9 Å². The molecular formula is C26H15Cl2F3N4O2S. The predicted octanol–water partition coefficient (Wildman–Crippen LogP) is 7.18. The summed E-state index contributed by atoms with van der Waals surface area (Å²) >= 11 is 13.0. The summed E-state index contributed by atoms with van der Waals surface area (Å²) in [4.78, 5) is 31.8. The number of amides is 1. The Bertz CT molecular complexity index is 1630. The number of nitriles is 1. The second-order valence-corrected chi connectivity index (χ2v) is 9.64. The monoisotopic (exact) mass is 574 g/mol. The number of benzene rings is 3. The molecule has 0 aliphatic carbocycles. The van der Waals surface area contributed by atoms with E-state index in [0.29, 0.717) is 22.0 Å².